The van der Waals surface area contributed by atoms with Crippen LogP contribution < -0.4 is 5.73 Å². The molecule has 5 heterocycles. The molecule has 2 N–H and O–H groups in total. The maximum absolute atomic E-state index is 6.11. The quantitative estimate of drug-likeness (QED) is 0.503. The van der Waals surface area contributed by atoms with E-state index in [1.54, 1.807) is 17.5 Å². The highest BCUT2D eigenvalue weighted by Gasteiger charge is 2.17. The molecule has 5 aromatic rings. The number of nitrogen functional groups attached to an aromatic ring is 1. The van der Waals surface area contributed by atoms with Crippen molar-refractivity contribution in [1.29, 1.82) is 0 Å². The van der Waals surface area contributed by atoms with Crippen molar-refractivity contribution >= 4 is 38.2 Å². The Morgan fingerprint density at radius 3 is 2.92 bits per heavy atom. The number of furan rings is 1. The Hall–Kier alpha value is -3.12. The van der Waals surface area contributed by atoms with E-state index in [-0.39, 0.29) is 0 Å². The minimum absolute atomic E-state index is 0.405. The molecule has 0 unspecified atom stereocenters. The number of fused-ring (bicyclic) bond motifs is 2. The van der Waals surface area contributed by atoms with Crippen molar-refractivity contribution in [1.82, 2.24) is 14.5 Å². The number of nitrogens with two attached hydrogens (primary N) is 1. The number of anilines is 1. The fourth-order valence-electron chi connectivity index (χ4n) is 3.14. The highest BCUT2D eigenvalue weighted by molar-refractivity contribution is 7.17. The SMILES string of the molecule is Cn1ccc(-c2cnc(N)c3oc(-c4csc5cnccc45)cc23)c1. The first-order valence-corrected chi connectivity index (χ1v) is 8.70. The van der Waals surface area contributed by atoms with Gasteiger partial charge < -0.3 is 14.7 Å². The predicted molar refractivity (Wildman–Crippen MR) is 101 cm³/mol. The zero-order chi connectivity index (χ0) is 17.0. The summed E-state index contributed by atoms with van der Waals surface area (Å²) in [6, 6.07) is 6.12. The molecule has 122 valence electrons. The second-order valence-corrected chi connectivity index (χ2v) is 6.91. The largest absolute Gasteiger partial charge is 0.452 e. The van der Waals surface area contributed by atoms with Gasteiger partial charge in [0.1, 0.15) is 5.76 Å². The van der Waals surface area contributed by atoms with Crippen molar-refractivity contribution < 1.29 is 4.42 Å². The molecule has 0 atom stereocenters. The molecule has 0 radical (unpaired) electrons. The number of rotatable bonds is 2. The number of pyridine rings is 2. The highest BCUT2D eigenvalue weighted by atomic mass is 32.1. The molecule has 5 rings (SSSR count). The minimum atomic E-state index is 0.405. The molecule has 0 aliphatic heterocycles. The van der Waals surface area contributed by atoms with Crippen LogP contribution in [0.5, 0.6) is 0 Å². The third-order valence-electron chi connectivity index (χ3n) is 4.37. The Labute approximate surface area is 147 Å². The van der Waals surface area contributed by atoms with Gasteiger partial charge in [0.2, 0.25) is 0 Å². The van der Waals surface area contributed by atoms with Gasteiger partial charge in [-0.2, -0.15) is 0 Å². The maximum atomic E-state index is 6.11. The summed E-state index contributed by atoms with van der Waals surface area (Å²) < 4.78 is 9.26. The van der Waals surface area contributed by atoms with Gasteiger partial charge in [-0.15, -0.1) is 11.3 Å². The van der Waals surface area contributed by atoms with Crippen molar-refractivity contribution in [3.05, 3.63) is 54.6 Å². The smallest absolute Gasteiger partial charge is 0.177 e. The van der Waals surface area contributed by atoms with E-state index < -0.39 is 0 Å². The Balaban J connectivity index is 1.78. The number of hydrogen-bond acceptors (Lipinski definition) is 5. The van der Waals surface area contributed by atoms with E-state index in [1.807, 2.05) is 36.3 Å². The second-order valence-electron chi connectivity index (χ2n) is 6.00. The Kier molecular flexibility index (Phi) is 2.96. The van der Waals surface area contributed by atoms with Crippen LogP contribution in [0.4, 0.5) is 5.82 Å². The molecule has 0 spiro atoms. The van der Waals surface area contributed by atoms with Crippen LogP contribution in [-0.4, -0.2) is 14.5 Å². The third kappa shape index (κ3) is 2.15. The number of aryl methyl sites for hydroxylation is 1. The average molecular weight is 346 g/mol. The van der Waals surface area contributed by atoms with E-state index in [1.165, 1.54) is 0 Å². The van der Waals surface area contributed by atoms with Gasteiger partial charge in [-0.25, -0.2) is 4.98 Å². The average Bonchev–Trinajstić information content (AvgIpc) is 3.32. The lowest BCUT2D eigenvalue weighted by Crippen LogP contribution is -1.91. The first-order chi connectivity index (χ1) is 12.2. The summed E-state index contributed by atoms with van der Waals surface area (Å²) in [5, 5.41) is 4.20. The van der Waals surface area contributed by atoms with E-state index >= 15 is 0 Å². The van der Waals surface area contributed by atoms with Gasteiger partial charge in [0.05, 0.1) is 4.70 Å². The van der Waals surface area contributed by atoms with Crippen LogP contribution >= 0.6 is 11.3 Å². The Bertz CT molecular complexity index is 1230. The van der Waals surface area contributed by atoms with Gasteiger partial charge >= 0.3 is 0 Å². The van der Waals surface area contributed by atoms with Crippen molar-refractivity contribution in [2.24, 2.45) is 7.05 Å². The molecular formula is C19H14N4OS. The van der Waals surface area contributed by atoms with E-state index in [4.69, 9.17) is 10.2 Å². The van der Waals surface area contributed by atoms with E-state index in [0.717, 1.165) is 37.9 Å². The monoisotopic (exact) mass is 346 g/mol. The van der Waals surface area contributed by atoms with Gasteiger partial charge in [0.15, 0.2) is 11.4 Å². The third-order valence-corrected chi connectivity index (χ3v) is 5.31. The Morgan fingerprint density at radius 2 is 2.08 bits per heavy atom. The van der Waals surface area contributed by atoms with Crippen molar-refractivity contribution in [3.63, 3.8) is 0 Å². The fourth-order valence-corrected chi connectivity index (χ4v) is 4.06. The number of hydrogen-bond donors (Lipinski definition) is 1. The van der Waals surface area contributed by atoms with Gasteiger partial charge in [0.25, 0.3) is 0 Å². The molecule has 5 nitrogen and oxygen atoms in total. The molecule has 0 aliphatic carbocycles. The molecule has 25 heavy (non-hydrogen) atoms. The summed E-state index contributed by atoms with van der Waals surface area (Å²) in [6.07, 6.45) is 9.55. The maximum Gasteiger partial charge on any atom is 0.177 e. The summed E-state index contributed by atoms with van der Waals surface area (Å²) in [6.45, 7) is 0. The number of nitrogens with zero attached hydrogens (tertiary/aromatic N) is 3. The summed E-state index contributed by atoms with van der Waals surface area (Å²) in [5.41, 5.74) is 9.86. The summed E-state index contributed by atoms with van der Waals surface area (Å²) in [4.78, 5) is 8.50. The molecule has 5 aromatic heterocycles. The van der Waals surface area contributed by atoms with Gasteiger partial charge in [-0.1, -0.05) is 0 Å². The molecule has 0 aromatic carbocycles. The van der Waals surface area contributed by atoms with E-state index in [9.17, 15) is 0 Å². The van der Waals surface area contributed by atoms with Crippen LogP contribution in [0.3, 0.4) is 0 Å². The lowest BCUT2D eigenvalue weighted by Gasteiger charge is -2.01. The predicted octanol–water partition coefficient (Wildman–Crippen LogP) is 4.69. The van der Waals surface area contributed by atoms with Crippen molar-refractivity contribution in [2.75, 3.05) is 5.73 Å². The topological polar surface area (TPSA) is 69.9 Å². The first kappa shape index (κ1) is 14.2. The molecule has 6 heteroatoms. The zero-order valence-electron chi connectivity index (χ0n) is 13.4. The summed E-state index contributed by atoms with van der Waals surface area (Å²) in [7, 11) is 2.00. The lowest BCUT2D eigenvalue weighted by molar-refractivity contribution is 0.632. The van der Waals surface area contributed by atoms with Crippen molar-refractivity contribution in [2.45, 2.75) is 0 Å². The zero-order valence-corrected chi connectivity index (χ0v) is 14.2. The lowest BCUT2D eigenvalue weighted by atomic mass is 10.1. The van der Waals surface area contributed by atoms with Crippen LogP contribution in [0.15, 0.2) is 59.0 Å². The molecule has 0 bridgehead atoms. The minimum Gasteiger partial charge on any atom is -0.452 e. The van der Waals surface area contributed by atoms with Gasteiger partial charge in [-0.05, 0) is 18.2 Å². The normalized spacial score (nSPS) is 11.6. The van der Waals surface area contributed by atoms with Crippen LogP contribution in [-0.2, 0) is 7.05 Å². The molecule has 0 aliphatic rings. The van der Waals surface area contributed by atoms with Crippen molar-refractivity contribution in [3.8, 4) is 22.5 Å². The van der Waals surface area contributed by atoms with Crippen LogP contribution in [0.2, 0.25) is 0 Å². The first-order valence-electron chi connectivity index (χ1n) is 7.82. The van der Waals surface area contributed by atoms with E-state index in [2.05, 4.69) is 33.7 Å². The molecule has 0 amide bonds. The van der Waals surface area contributed by atoms with Crippen LogP contribution in [0.1, 0.15) is 0 Å². The van der Waals surface area contributed by atoms with Crippen LogP contribution in [0, 0.1) is 0 Å². The van der Waals surface area contributed by atoms with E-state index in [0.29, 0.717) is 11.4 Å². The van der Waals surface area contributed by atoms with Crippen LogP contribution in [0.25, 0.3) is 43.5 Å². The second kappa shape index (κ2) is 5.19. The number of thiophene rings is 1. The Morgan fingerprint density at radius 1 is 1.16 bits per heavy atom. The fraction of sp³-hybridized carbons (Fsp3) is 0.0526. The number of aromatic nitrogens is 3. The van der Waals surface area contributed by atoms with Gasteiger partial charge in [0, 0.05) is 70.9 Å². The molecule has 0 saturated heterocycles. The molecular weight excluding hydrogens is 332 g/mol. The summed E-state index contributed by atoms with van der Waals surface area (Å²) in [5.74, 6) is 1.20. The molecule has 0 fully saturated rings. The summed E-state index contributed by atoms with van der Waals surface area (Å²) >= 11 is 1.65. The standard InChI is InChI=1S/C19H14N4OS/c1-23-5-3-11(9-23)14-7-22-19(20)18-13(14)6-16(24-18)15-10-25-17-8-21-4-2-12(15)17/h2-10H,1H3,(H2,20,22). The molecule has 0 saturated carbocycles. The van der Waals surface area contributed by atoms with Gasteiger partial charge in [-0.3, -0.25) is 4.98 Å². The highest BCUT2D eigenvalue weighted by Crippen LogP contribution is 2.40.